The van der Waals surface area contributed by atoms with Crippen LogP contribution in [0.3, 0.4) is 0 Å². The van der Waals surface area contributed by atoms with Gasteiger partial charge in [0.1, 0.15) is 0 Å². The van der Waals surface area contributed by atoms with Crippen molar-refractivity contribution in [3.63, 3.8) is 0 Å². The van der Waals surface area contributed by atoms with Gasteiger partial charge in [0.2, 0.25) is 0 Å². The van der Waals surface area contributed by atoms with E-state index in [1.165, 1.54) is 17.5 Å². The maximum Gasteiger partial charge on any atom is 0.0360 e. The van der Waals surface area contributed by atoms with Crippen molar-refractivity contribution in [3.05, 3.63) is 35.4 Å². The van der Waals surface area contributed by atoms with Gasteiger partial charge in [0.15, 0.2) is 0 Å². The average molecular weight is 220 g/mol. The Kier molecular flexibility index (Phi) is 5.50. The summed E-state index contributed by atoms with van der Waals surface area (Å²) in [6.07, 6.45) is 1.18. The van der Waals surface area contributed by atoms with Crippen LogP contribution in [-0.4, -0.2) is 20.6 Å². The number of hydrogen-bond acceptors (Lipinski definition) is 2. The van der Waals surface area contributed by atoms with E-state index in [1.54, 1.807) is 0 Å². The topological polar surface area (TPSA) is 24.1 Å². The van der Waals surface area contributed by atoms with Gasteiger partial charge in [0.25, 0.3) is 0 Å². The highest BCUT2D eigenvalue weighted by atomic mass is 14.9. The molecule has 0 aromatic heterocycles. The molecule has 0 amide bonds. The van der Waals surface area contributed by atoms with Crippen LogP contribution in [0.4, 0.5) is 0 Å². The smallest absolute Gasteiger partial charge is 0.0360 e. The molecule has 0 saturated carbocycles. The van der Waals surface area contributed by atoms with Gasteiger partial charge in [-0.2, -0.15) is 0 Å². The predicted molar refractivity (Wildman–Crippen MR) is 70.7 cm³/mol. The van der Waals surface area contributed by atoms with Crippen LogP contribution in [-0.2, 0) is 0 Å². The number of benzene rings is 1. The van der Waals surface area contributed by atoms with Crippen molar-refractivity contribution in [2.75, 3.05) is 20.6 Å². The molecular formula is C14H24N2. The molecule has 0 spiro atoms. The Morgan fingerprint density at radius 1 is 1.19 bits per heavy atom. The number of aryl methyl sites for hydroxylation is 1. The maximum absolute atomic E-state index is 3.46. The minimum absolute atomic E-state index is 0.443. The van der Waals surface area contributed by atoms with E-state index in [2.05, 4.69) is 55.8 Å². The van der Waals surface area contributed by atoms with E-state index in [0.717, 1.165) is 6.54 Å². The molecule has 0 radical (unpaired) electrons. The van der Waals surface area contributed by atoms with Crippen molar-refractivity contribution < 1.29 is 0 Å². The average Bonchev–Trinajstić information content (AvgIpc) is 2.31. The van der Waals surface area contributed by atoms with Gasteiger partial charge in [-0.05, 0) is 44.6 Å². The van der Waals surface area contributed by atoms with Crippen LogP contribution in [0.1, 0.15) is 30.5 Å². The Morgan fingerprint density at radius 3 is 2.38 bits per heavy atom. The second kappa shape index (κ2) is 6.66. The molecule has 0 aliphatic rings. The normalized spacial score (nSPS) is 14.8. The van der Waals surface area contributed by atoms with Crippen LogP contribution in [0.15, 0.2) is 24.3 Å². The van der Waals surface area contributed by atoms with E-state index >= 15 is 0 Å². The summed E-state index contributed by atoms with van der Waals surface area (Å²) in [6, 6.07) is 9.09. The van der Waals surface area contributed by atoms with Crippen molar-refractivity contribution in [2.24, 2.45) is 5.92 Å². The summed E-state index contributed by atoms with van der Waals surface area (Å²) in [5.74, 6) is 0.635. The predicted octanol–water partition coefficient (Wildman–Crippen LogP) is 2.50. The van der Waals surface area contributed by atoms with Crippen LogP contribution >= 0.6 is 0 Å². The zero-order chi connectivity index (χ0) is 12.0. The molecule has 16 heavy (non-hydrogen) atoms. The van der Waals surface area contributed by atoms with Crippen LogP contribution < -0.4 is 10.6 Å². The van der Waals surface area contributed by atoms with Crippen molar-refractivity contribution in [3.8, 4) is 0 Å². The van der Waals surface area contributed by atoms with Crippen LogP contribution in [0, 0.1) is 12.8 Å². The quantitative estimate of drug-likeness (QED) is 0.769. The first-order valence-corrected chi connectivity index (χ1v) is 6.12. The number of hydrogen-bond donors (Lipinski definition) is 2. The third-order valence-corrected chi connectivity index (χ3v) is 3.30. The van der Waals surface area contributed by atoms with Crippen LogP contribution in [0.25, 0.3) is 0 Å². The Morgan fingerprint density at radius 2 is 1.88 bits per heavy atom. The first kappa shape index (κ1) is 13.2. The number of nitrogens with one attached hydrogen (secondary N) is 2. The second-order valence-electron chi connectivity index (χ2n) is 4.35. The minimum Gasteiger partial charge on any atom is -0.319 e. The van der Waals surface area contributed by atoms with E-state index in [-0.39, 0.29) is 0 Å². The van der Waals surface area contributed by atoms with Crippen molar-refractivity contribution in [2.45, 2.75) is 26.3 Å². The van der Waals surface area contributed by atoms with Gasteiger partial charge in [-0.25, -0.2) is 0 Å². The molecular weight excluding hydrogens is 196 g/mol. The lowest BCUT2D eigenvalue weighted by Crippen LogP contribution is -2.32. The van der Waals surface area contributed by atoms with Crippen molar-refractivity contribution >= 4 is 0 Å². The SMILES string of the molecule is CCC(CNC)C(NC)c1ccccc1C. The van der Waals surface area contributed by atoms with Gasteiger partial charge < -0.3 is 10.6 Å². The maximum atomic E-state index is 3.46. The zero-order valence-corrected chi connectivity index (χ0v) is 10.9. The first-order chi connectivity index (χ1) is 7.74. The highest BCUT2D eigenvalue weighted by molar-refractivity contribution is 5.29. The summed E-state index contributed by atoms with van der Waals surface area (Å²) >= 11 is 0. The summed E-state index contributed by atoms with van der Waals surface area (Å²) < 4.78 is 0. The molecule has 0 aliphatic carbocycles. The Hall–Kier alpha value is -0.860. The largest absolute Gasteiger partial charge is 0.319 e. The molecule has 2 N–H and O–H groups in total. The van der Waals surface area contributed by atoms with Gasteiger partial charge >= 0.3 is 0 Å². The Balaban J connectivity index is 2.92. The summed E-state index contributed by atoms with van der Waals surface area (Å²) in [7, 11) is 4.07. The molecule has 2 nitrogen and oxygen atoms in total. The summed E-state index contributed by atoms with van der Waals surface area (Å²) in [5, 5.41) is 6.74. The fourth-order valence-corrected chi connectivity index (χ4v) is 2.34. The lowest BCUT2D eigenvalue weighted by atomic mass is 9.88. The molecule has 2 atom stereocenters. The van der Waals surface area contributed by atoms with Gasteiger partial charge in [0.05, 0.1) is 0 Å². The molecule has 0 fully saturated rings. The van der Waals surface area contributed by atoms with Gasteiger partial charge in [-0.1, -0.05) is 37.6 Å². The van der Waals surface area contributed by atoms with Crippen LogP contribution in [0.2, 0.25) is 0 Å². The van der Waals surface area contributed by atoms with E-state index in [4.69, 9.17) is 0 Å². The van der Waals surface area contributed by atoms with E-state index in [1.807, 2.05) is 7.05 Å². The summed E-state index contributed by atoms with van der Waals surface area (Å²) in [5.41, 5.74) is 2.79. The molecule has 1 aromatic rings. The fraction of sp³-hybridized carbons (Fsp3) is 0.571. The van der Waals surface area contributed by atoms with Gasteiger partial charge in [0, 0.05) is 6.04 Å². The third kappa shape index (κ3) is 3.06. The second-order valence-corrected chi connectivity index (χ2v) is 4.35. The lowest BCUT2D eigenvalue weighted by Gasteiger charge is -2.27. The molecule has 0 aliphatic heterocycles. The van der Waals surface area contributed by atoms with E-state index < -0.39 is 0 Å². The van der Waals surface area contributed by atoms with Gasteiger partial charge in [-0.15, -0.1) is 0 Å². The van der Waals surface area contributed by atoms with E-state index in [0.29, 0.717) is 12.0 Å². The lowest BCUT2D eigenvalue weighted by molar-refractivity contribution is 0.358. The third-order valence-electron chi connectivity index (χ3n) is 3.30. The standard InChI is InChI=1S/C14H24N2/c1-5-12(10-15-3)14(16-4)13-9-7-6-8-11(13)2/h6-9,12,14-16H,5,10H2,1-4H3. The molecule has 0 saturated heterocycles. The monoisotopic (exact) mass is 220 g/mol. The molecule has 0 heterocycles. The van der Waals surface area contributed by atoms with Crippen LogP contribution in [0.5, 0.6) is 0 Å². The summed E-state index contributed by atoms with van der Waals surface area (Å²) in [4.78, 5) is 0. The minimum atomic E-state index is 0.443. The summed E-state index contributed by atoms with van der Waals surface area (Å²) in [6.45, 7) is 5.49. The molecule has 1 rings (SSSR count). The van der Waals surface area contributed by atoms with Gasteiger partial charge in [-0.3, -0.25) is 0 Å². The highest BCUT2D eigenvalue weighted by Crippen LogP contribution is 2.26. The Bertz CT molecular complexity index is 309. The Labute approximate surface area is 99.5 Å². The van der Waals surface area contributed by atoms with Crippen molar-refractivity contribution in [1.29, 1.82) is 0 Å². The molecule has 0 bridgehead atoms. The molecule has 90 valence electrons. The number of rotatable bonds is 6. The zero-order valence-electron chi connectivity index (χ0n) is 10.9. The van der Waals surface area contributed by atoms with E-state index in [9.17, 15) is 0 Å². The van der Waals surface area contributed by atoms with Crippen molar-refractivity contribution in [1.82, 2.24) is 10.6 Å². The fourth-order valence-electron chi connectivity index (χ4n) is 2.34. The molecule has 2 heteroatoms. The molecule has 1 aromatic carbocycles. The molecule has 2 unspecified atom stereocenters. The first-order valence-electron chi connectivity index (χ1n) is 6.12. The highest BCUT2D eigenvalue weighted by Gasteiger charge is 2.20.